The van der Waals surface area contributed by atoms with E-state index >= 15 is 0 Å². The lowest BCUT2D eigenvalue weighted by Crippen LogP contribution is -2.14. The third-order valence-corrected chi connectivity index (χ3v) is 4.50. The van der Waals surface area contributed by atoms with Gasteiger partial charge < -0.3 is 14.2 Å². The molecule has 0 fully saturated rings. The fraction of sp³-hybridized carbons (Fsp3) is 0.312. The number of thiazole rings is 1. The van der Waals surface area contributed by atoms with Crippen LogP contribution >= 0.6 is 27.3 Å². The summed E-state index contributed by atoms with van der Waals surface area (Å²) in [5.74, 6) is 0.152. The number of nitrogens with one attached hydrogen (secondary N) is 1. The smallest absolute Gasteiger partial charge is 0.311 e. The van der Waals surface area contributed by atoms with Crippen molar-refractivity contribution in [3.8, 4) is 11.5 Å². The topological polar surface area (TPSA) is 86.8 Å². The first-order valence-electron chi connectivity index (χ1n) is 7.31. The Morgan fingerprint density at radius 1 is 1.28 bits per heavy atom. The second-order valence-corrected chi connectivity index (χ2v) is 6.48. The first-order valence-corrected chi connectivity index (χ1v) is 8.98. The Labute approximate surface area is 157 Å². The van der Waals surface area contributed by atoms with Crippen LogP contribution in [0.15, 0.2) is 22.0 Å². The van der Waals surface area contributed by atoms with Gasteiger partial charge in [0.25, 0.3) is 5.91 Å². The number of methoxy groups -OCH3 is 2. The van der Waals surface area contributed by atoms with Gasteiger partial charge in [-0.05, 0) is 35.0 Å². The summed E-state index contributed by atoms with van der Waals surface area (Å²) in [4.78, 5) is 28.3. The third-order valence-electron chi connectivity index (χ3n) is 3.10. The number of hydrogen-bond acceptors (Lipinski definition) is 7. The number of anilines is 1. The summed E-state index contributed by atoms with van der Waals surface area (Å²) in [5, 5.41) is 4.78. The van der Waals surface area contributed by atoms with Crippen molar-refractivity contribution in [1.82, 2.24) is 4.98 Å². The van der Waals surface area contributed by atoms with Crippen molar-refractivity contribution in [2.24, 2.45) is 0 Å². The van der Waals surface area contributed by atoms with Crippen molar-refractivity contribution in [3.63, 3.8) is 0 Å². The van der Waals surface area contributed by atoms with Crippen molar-refractivity contribution < 1.29 is 23.8 Å². The third kappa shape index (κ3) is 4.93. The summed E-state index contributed by atoms with van der Waals surface area (Å²) in [5.41, 5.74) is 0.841. The quantitative estimate of drug-likeness (QED) is 0.680. The molecule has 1 aromatic heterocycles. The van der Waals surface area contributed by atoms with E-state index in [1.54, 1.807) is 24.4 Å². The maximum Gasteiger partial charge on any atom is 0.311 e. The molecule has 0 saturated heterocycles. The van der Waals surface area contributed by atoms with Crippen molar-refractivity contribution >= 4 is 44.3 Å². The van der Waals surface area contributed by atoms with Crippen LogP contribution in [0.4, 0.5) is 5.13 Å². The molecule has 1 N–H and O–H groups in total. The van der Waals surface area contributed by atoms with Gasteiger partial charge in [-0.3, -0.25) is 14.9 Å². The number of amides is 1. The molecule has 1 heterocycles. The summed E-state index contributed by atoms with van der Waals surface area (Å²) < 4.78 is 15.9. The van der Waals surface area contributed by atoms with E-state index in [4.69, 9.17) is 14.2 Å². The number of carbonyl (C=O) groups is 2. The van der Waals surface area contributed by atoms with Gasteiger partial charge in [-0.1, -0.05) is 0 Å². The Morgan fingerprint density at radius 3 is 2.68 bits per heavy atom. The van der Waals surface area contributed by atoms with Gasteiger partial charge in [0.2, 0.25) is 0 Å². The van der Waals surface area contributed by atoms with Crippen LogP contribution < -0.4 is 14.8 Å². The van der Waals surface area contributed by atoms with Gasteiger partial charge in [0.15, 0.2) is 5.13 Å². The zero-order valence-corrected chi connectivity index (χ0v) is 16.3. The molecule has 7 nitrogen and oxygen atoms in total. The molecule has 0 aliphatic carbocycles. The van der Waals surface area contributed by atoms with E-state index in [1.165, 1.54) is 25.6 Å². The van der Waals surface area contributed by atoms with Crippen LogP contribution in [0.3, 0.4) is 0 Å². The fourth-order valence-electron chi connectivity index (χ4n) is 2.03. The number of benzene rings is 1. The highest BCUT2D eigenvalue weighted by molar-refractivity contribution is 9.10. The SMILES string of the molecule is CCOC(=O)Cc1csc(NC(=O)c2cc(OC)cc(Br)c2OC)n1. The predicted molar refractivity (Wildman–Crippen MR) is 97.7 cm³/mol. The Bertz CT molecular complexity index is 778. The number of halogens is 1. The first-order chi connectivity index (χ1) is 12.0. The monoisotopic (exact) mass is 428 g/mol. The number of carbonyl (C=O) groups excluding carboxylic acids is 2. The fourth-order valence-corrected chi connectivity index (χ4v) is 3.34. The van der Waals surface area contributed by atoms with Crippen LogP contribution in [0, 0.1) is 0 Å². The minimum atomic E-state index is -0.395. The van der Waals surface area contributed by atoms with Crippen LogP contribution in [-0.4, -0.2) is 37.7 Å². The van der Waals surface area contributed by atoms with E-state index in [0.717, 1.165) is 0 Å². The van der Waals surface area contributed by atoms with Gasteiger partial charge in [0, 0.05) is 5.38 Å². The molecule has 134 valence electrons. The van der Waals surface area contributed by atoms with E-state index in [1.807, 2.05) is 0 Å². The highest BCUT2D eigenvalue weighted by Gasteiger charge is 2.19. The minimum Gasteiger partial charge on any atom is -0.497 e. The Hall–Kier alpha value is -2.13. The standard InChI is InChI=1S/C16H17BrN2O5S/c1-4-24-13(20)5-9-8-25-16(18-9)19-15(21)11-6-10(22-2)7-12(17)14(11)23-3/h6-8H,4-5H2,1-3H3,(H,18,19,21). The molecule has 0 saturated carbocycles. The van der Waals surface area contributed by atoms with Gasteiger partial charge in [-0.25, -0.2) is 4.98 Å². The van der Waals surface area contributed by atoms with Gasteiger partial charge in [-0.15, -0.1) is 11.3 Å². The van der Waals surface area contributed by atoms with Crippen molar-refractivity contribution in [2.45, 2.75) is 13.3 Å². The second kappa shape index (κ2) is 8.82. The average molecular weight is 429 g/mol. The van der Waals surface area contributed by atoms with Crippen molar-refractivity contribution in [2.75, 3.05) is 26.1 Å². The van der Waals surface area contributed by atoms with Gasteiger partial charge in [-0.2, -0.15) is 0 Å². The summed E-state index contributed by atoms with van der Waals surface area (Å²) >= 11 is 4.57. The summed E-state index contributed by atoms with van der Waals surface area (Å²) in [6, 6.07) is 3.28. The molecule has 25 heavy (non-hydrogen) atoms. The number of rotatable bonds is 7. The summed E-state index contributed by atoms with van der Waals surface area (Å²) in [6.07, 6.45) is 0.0637. The van der Waals surface area contributed by atoms with E-state index in [-0.39, 0.29) is 12.4 Å². The van der Waals surface area contributed by atoms with Gasteiger partial charge in [0.05, 0.1) is 43.0 Å². The molecule has 0 unspecified atom stereocenters. The van der Waals surface area contributed by atoms with Gasteiger partial charge in [0.1, 0.15) is 11.5 Å². The summed E-state index contributed by atoms with van der Waals surface area (Å²) in [6.45, 7) is 2.06. The highest BCUT2D eigenvalue weighted by atomic mass is 79.9. The molecule has 0 aliphatic heterocycles. The normalized spacial score (nSPS) is 10.2. The zero-order valence-electron chi connectivity index (χ0n) is 13.9. The molecule has 1 aromatic carbocycles. The van der Waals surface area contributed by atoms with E-state index < -0.39 is 5.91 Å². The molecule has 0 bridgehead atoms. The van der Waals surface area contributed by atoms with Crippen LogP contribution in [0.1, 0.15) is 23.0 Å². The highest BCUT2D eigenvalue weighted by Crippen LogP contribution is 2.34. The molecule has 1 amide bonds. The largest absolute Gasteiger partial charge is 0.497 e. The van der Waals surface area contributed by atoms with E-state index in [9.17, 15) is 9.59 Å². The average Bonchev–Trinajstić information content (AvgIpc) is 3.00. The maximum atomic E-state index is 12.6. The molecule has 2 rings (SSSR count). The van der Waals surface area contributed by atoms with Crippen LogP contribution in [-0.2, 0) is 16.0 Å². The van der Waals surface area contributed by atoms with Crippen molar-refractivity contribution in [3.05, 3.63) is 33.2 Å². The Kier molecular flexibility index (Phi) is 6.77. The lowest BCUT2D eigenvalue weighted by molar-refractivity contribution is -0.142. The van der Waals surface area contributed by atoms with E-state index in [2.05, 4.69) is 26.2 Å². The minimum absolute atomic E-state index is 0.0637. The lowest BCUT2D eigenvalue weighted by Gasteiger charge is -2.12. The first kappa shape index (κ1) is 19.2. The molecule has 9 heteroatoms. The lowest BCUT2D eigenvalue weighted by atomic mass is 10.1. The van der Waals surface area contributed by atoms with Crippen LogP contribution in [0.5, 0.6) is 11.5 Å². The molecule has 0 aliphatic rings. The molecule has 0 atom stereocenters. The predicted octanol–water partition coefficient (Wildman–Crippen LogP) is 3.28. The van der Waals surface area contributed by atoms with Gasteiger partial charge >= 0.3 is 5.97 Å². The Morgan fingerprint density at radius 2 is 2.04 bits per heavy atom. The Balaban J connectivity index is 2.16. The number of nitrogens with zero attached hydrogens (tertiary/aromatic N) is 1. The molecule has 0 radical (unpaired) electrons. The van der Waals surface area contributed by atoms with E-state index in [0.29, 0.717) is 39.0 Å². The van der Waals surface area contributed by atoms with Crippen LogP contribution in [0.2, 0.25) is 0 Å². The molecular weight excluding hydrogens is 412 g/mol. The number of ether oxygens (including phenoxy) is 3. The molecule has 0 spiro atoms. The summed E-state index contributed by atoms with van der Waals surface area (Å²) in [7, 11) is 2.99. The maximum absolute atomic E-state index is 12.6. The number of hydrogen-bond donors (Lipinski definition) is 1. The number of aromatic nitrogens is 1. The molecular formula is C16H17BrN2O5S. The second-order valence-electron chi connectivity index (χ2n) is 4.77. The molecule has 2 aromatic rings. The zero-order chi connectivity index (χ0) is 18.4. The van der Waals surface area contributed by atoms with Crippen LogP contribution in [0.25, 0.3) is 0 Å². The number of esters is 1. The van der Waals surface area contributed by atoms with Crippen molar-refractivity contribution in [1.29, 1.82) is 0 Å².